The number of nitriles is 1. The maximum absolute atomic E-state index is 12.0. The fourth-order valence-corrected chi connectivity index (χ4v) is 2.45. The van der Waals surface area contributed by atoms with Crippen LogP contribution in [0.3, 0.4) is 0 Å². The van der Waals surface area contributed by atoms with Crippen molar-refractivity contribution in [1.29, 1.82) is 5.26 Å². The van der Waals surface area contributed by atoms with Gasteiger partial charge in [-0.3, -0.25) is 0 Å². The van der Waals surface area contributed by atoms with Gasteiger partial charge in [0.15, 0.2) is 0 Å². The van der Waals surface area contributed by atoms with Crippen LogP contribution in [0.1, 0.15) is 29.5 Å². The SMILES string of the molecule is N#Cc1cccc(C2(NC(=O)OCc3ccccc3)CC2)c1. The third-order valence-electron chi connectivity index (χ3n) is 3.85. The fourth-order valence-electron chi connectivity index (χ4n) is 2.45. The third kappa shape index (κ3) is 3.09. The molecule has 0 atom stereocenters. The highest BCUT2D eigenvalue weighted by atomic mass is 16.5. The van der Waals surface area contributed by atoms with Crippen molar-refractivity contribution in [3.05, 3.63) is 71.3 Å². The van der Waals surface area contributed by atoms with Crippen molar-refractivity contribution in [3.8, 4) is 6.07 Å². The van der Waals surface area contributed by atoms with Crippen molar-refractivity contribution in [2.45, 2.75) is 25.0 Å². The summed E-state index contributed by atoms with van der Waals surface area (Å²) in [6.45, 7) is 0.251. The van der Waals surface area contributed by atoms with Crippen LogP contribution in [-0.2, 0) is 16.9 Å². The monoisotopic (exact) mass is 292 g/mol. The van der Waals surface area contributed by atoms with Gasteiger partial charge in [-0.05, 0) is 36.1 Å². The average molecular weight is 292 g/mol. The molecule has 0 bridgehead atoms. The molecule has 1 amide bonds. The van der Waals surface area contributed by atoms with E-state index in [-0.39, 0.29) is 12.1 Å². The maximum atomic E-state index is 12.0. The predicted molar refractivity (Wildman–Crippen MR) is 81.8 cm³/mol. The van der Waals surface area contributed by atoms with Crippen LogP contribution in [0.5, 0.6) is 0 Å². The molecule has 0 aliphatic heterocycles. The van der Waals surface area contributed by atoms with Crippen LogP contribution in [0.4, 0.5) is 4.79 Å². The number of amides is 1. The Morgan fingerprint density at radius 2 is 1.95 bits per heavy atom. The van der Waals surface area contributed by atoms with E-state index in [0.29, 0.717) is 5.56 Å². The Hall–Kier alpha value is -2.80. The molecule has 0 aromatic heterocycles. The fraction of sp³-hybridized carbons (Fsp3) is 0.222. The van der Waals surface area contributed by atoms with Gasteiger partial charge in [0.2, 0.25) is 0 Å². The maximum Gasteiger partial charge on any atom is 0.408 e. The van der Waals surface area contributed by atoms with Crippen LogP contribution < -0.4 is 5.32 Å². The van der Waals surface area contributed by atoms with Crippen molar-refractivity contribution in [2.24, 2.45) is 0 Å². The van der Waals surface area contributed by atoms with E-state index in [1.165, 1.54) is 0 Å². The minimum absolute atomic E-state index is 0.251. The van der Waals surface area contributed by atoms with E-state index in [2.05, 4.69) is 11.4 Å². The molecule has 4 nitrogen and oxygen atoms in total. The molecule has 0 saturated heterocycles. The standard InChI is InChI=1S/C18H16N2O2/c19-12-15-7-4-8-16(11-15)18(9-10-18)20-17(21)22-13-14-5-2-1-3-6-14/h1-8,11H,9-10,13H2,(H,20,21). The number of carbonyl (C=O) groups excluding carboxylic acids is 1. The summed E-state index contributed by atoms with van der Waals surface area (Å²) in [5.41, 5.74) is 2.14. The van der Waals surface area contributed by atoms with Crippen molar-refractivity contribution < 1.29 is 9.53 Å². The average Bonchev–Trinajstić information content (AvgIpc) is 3.35. The molecular weight excluding hydrogens is 276 g/mol. The van der Waals surface area contributed by atoms with Crippen molar-refractivity contribution >= 4 is 6.09 Å². The van der Waals surface area contributed by atoms with Crippen LogP contribution in [0.2, 0.25) is 0 Å². The molecule has 1 saturated carbocycles. The van der Waals surface area contributed by atoms with Crippen molar-refractivity contribution in [3.63, 3.8) is 0 Å². The van der Waals surface area contributed by atoms with E-state index in [1.807, 2.05) is 48.5 Å². The zero-order valence-corrected chi connectivity index (χ0v) is 12.1. The lowest BCUT2D eigenvalue weighted by atomic mass is 10.0. The Labute approximate surface area is 129 Å². The molecular formula is C18H16N2O2. The van der Waals surface area contributed by atoms with Gasteiger partial charge >= 0.3 is 6.09 Å². The predicted octanol–water partition coefficient (Wildman–Crippen LogP) is 3.47. The van der Waals surface area contributed by atoms with E-state index < -0.39 is 6.09 Å². The lowest BCUT2D eigenvalue weighted by molar-refractivity contribution is 0.134. The lowest BCUT2D eigenvalue weighted by Crippen LogP contribution is -2.35. The molecule has 0 heterocycles. The van der Waals surface area contributed by atoms with Gasteiger partial charge in [0, 0.05) is 0 Å². The van der Waals surface area contributed by atoms with Gasteiger partial charge in [-0.25, -0.2) is 4.79 Å². The molecule has 22 heavy (non-hydrogen) atoms. The van der Waals surface area contributed by atoms with Crippen LogP contribution >= 0.6 is 0 Å². The van der Waals surface area contributed by atoms with Gasteiger partial charge < -0.3 is 10.1 Å². The highest BCUT2D eigenvalue weighted by molar-refractivity contribution is 5.69. The Kier molecular flexibility index (Phi) is 3.80. The third-order valence-corrected chi connectivity index (χ3v) is 3.85. The largest absolute Gasteiger partial charge is 0.445 e. The molecule has 0 radical (unpaired) electrons. The zero-order valence-electron chi connectivity index (χ0n) is 12.1. The second-order valence-corrected chi connectivity index (χ2v) is 5.46. The van der Waals surface area contributed by atoms with E-state index in [9.17, 15) is 4.79 Å². The summed E-state index contributed by atoms with van der Waals surface area (Å²) >= 11 is 0. The van der Waals surface area contributed by atoms with Crippen molar-refractivity contribution in [1.82, 2.24) is 5.32 Å². The summed E-state index contributed by atoms with van der Waals surface area (Å²) in [6.07, 6.45) is 1.30. The molecule has 1 N–H and O–H groups in total. The highest BCUT2D eigenvalue weighted by Crippen LogP contribution is 2.45. The number of carbonyl (C=O) groups is 1. The second-order valence-electron chi connectivity index (χ2n) is 5.46. The van der Waals surface area contributed by atoms with Crippen LogP contribution in [0, 0.1) is 11.3 Å². The smallest absolute Gasteiger partial charge is 0.408 e. The van der Waals surface area contributed by atoms with E-state index >= 15 is 0 Å². The van der Waals surface area contributed by atoms with Gasteiger partial charge in [0.1, 0.15) is 6.61 Å². The summed E-state index contributed by atoms with van der Waals surface area (Å²) in [6, 6.07) is 19.0. The molecule has 4 heteroatoms. The van der Waals surface area contributed by atoms with Gasteiger partial charge in [-0.2, -0.15) is 5.26 Å². The molecule has 3 rings (SSSR count). The quantitative estimate of drug-likeness (QED) is 0.938. The van der Waals surface area contributed by atoms with Gasteiger partial charge in [-0.1, -0.05) is 42.5 Å². The van der Waals surface area contributed by atoms with Gasteiger partial charge in [0.25, 0.3) is 0 Å². The van der Waals surface area contributed by atoms with E-state index in [1.54, 1.807) is 6.07 Å². The molecule has 2 aromatic carbocycles. The first kappa shape index (κ1) is 14.2. The summed E-state index contributed by atoms with van der Waals surface area (Å²) in [5, 5.41) is 11.9. The van der Waals surface area contributed by atoms with Crippen molar-refractivity contribution in [2.75, 3.05) is 0 Å². The van der Waals surface area contributed by atoms with Crippen LogP contribution in [-0.4, -0.2) is 6.09 Å². The summed E-state index contributed by atoms with van der Waals surface area (Å²) in [7, 11) is 0. The van der Waals surface area contributed by atoms with Crippen LogP contribution in [0.15, 0.2) is 54.6 Å². The number of hydrogen-bond acceptors (Lipinski definition) is 3. The lowest BCUT2D eigenvalue weighted by Gasteiger charge is -2.18. The number of rotatable bonds is 4. The molecule has 1 fully saturated rings. The summed E-state index contributed by atoms with van der Waals surface area (Å²) < 4.78 is 5.27. The van der Waals surface area contributed by atoms with Crippen LogP contribution in [0.25, 0.3) is 0 Å². The minimum Gasteiger partial charge on any atom is -0.445 e. The number of benzene rings is 2. The Bertz CT molecular complexity index is 715. The first-order valence-electron chi connectivity index (χ1n) is 7.21. The molecule has 0 unspecified atom stereocenters. The summed E-state index contributed by atoms with van der Waals surface area (Å²) in [5.74, 6) is 0. The number of alkyl carbamates (subject to hydrolysis) is 1. The number of nitrogens with one attached hydrogen (secondary N) is 1. The first-order valence-corrected chi connectivity index (χ1v) is 7.21. The summed E-state index contributed by atoms with van der Waals surface area (Å²) in [4.78, 5) is 12.0. The molecule has 0 spiro atoms. The number of nitrogens with zero attached hydrogens (tertiary/aromatic N) is 1. The Balaban J connectivity index is 1.62. The van der Waals surface area contributed by atoms with E-state index in [0.717, 1.165) is 24.0 Å². The second kappa shape index (κ2) is 5.90. The molecule has 1 aliphatic carbocycles. The van der Waals surface area contributed by atoms with Gasteiger partial charge in [0.05, 0.1) is 17.2 Å². The number of ether oxygens (including phenoxy) is 1. The first-order chi connectivity index (χ1) is 10.7. The Morgan fingerprint density at radius 3 is 2.64 bits per heavy atom. The highest BCUT2D eigenvalue weighted by Gasteiger charge is 2.46. The molecule has 1 aliphatic rings. The Morgan fingerprint density at radius 1 is 1.18 bits per heavy atom. The molecule has 110 valence electrons. The zero-order chi connectivity index (χ0) is 15.4. The topological polar surface area (TPSA) is 62.1 Å². The number of hydrogen-bond donors (Lipinski definition) is 1. The molecule has 2 aromatic rings. The minimum atomic E-state index is -0.427. The van der Waals surface area contributed by atoms with Gasteiger partial charge in [-0.15, -0.1) is 0 Å². The normalized spacial score (nSPS) is 14.7. The van der Waals surface area contributed by atoms with E-state index in [4.69, 9.17) is 10.00 Å².